The van der Waals surface area contributed by atoms with Crippen LogP contribution in [0.1, 0.15) is 52.4 Å². The van der Waals surface area contributed by atoms with Gasteiger partial charge in [0.05, 0.1) is 24.4 Å². The maximum Gasteiger partial charge on any atom is 0.268 e. The van der Waals surface area contributed by atoms with Gasteiger partial charge in [0.2, 0.25) is 5.91 Å². The number of piperazine rings is 1. The van der Waals surface area contributed by atoms with Crippen molar-refractivity contribution in [2.75, 3.05) is 18.5 Å². The normalized spacial score (nSPS) is 25.2. The van der Waals surface area contributed by atoms with Crippen LogP contribution in [-0.2, 0) is 9.59 Å². The van der Waals surface area contributed by atoms with E-state index >= 15 is 0 Å². The maximum atomic E-state index is 13.3. The molecule has 2 aliphatic heterocycles. The number of fused-ring (bicyclic) bond motifs is 3. The number of hydrogen-bond acceptors (Lipinski definition) is 6. The lowest BCUT2D eigenvalue weighted by Crippen LogP contribution is -2.69. The molecule has 1 aromatic carbocycles. The first-order valence-corrected chi connectivity index (χ1v) is 11.1. The number of benzene rings is 1. The van der Waals surface area contributed by atoms with Gasteiger partial charge in [-0.2, -0.15) is 5.10 Å². The number of nitrogens with one attached hydrogen (secondary N) is 2. The Morgan fingerprint density at radius 2 is 2.00 bits per heavy atom. The van der Waals surface area contributed by atoms with E-state index in [1.165, 1.54) is 0 Å². The van der Waals surface area contributed by atoms with Gasteiger partial charge in [-0.15, -0.1) is 0 Å². The van der Waals surface area contributed by atoms with E-state index in [2.05, 4.69) is 27.7 Å². The fourth-order valence-electron chi connectivity index (χ4n) is 4.86. The molecule has 3 aliphatic rings. The highest BCUT2D eigenvalue weighted by molar-refractivity contribution is 5.98. The highest BCUT2D eigenvalue weighted by atomic mass is 16.5. The molecular formula is C22H31N5O3. The van der Waals surface area contributed by atoms with Crippen molar-refractivity contribution in [2.45, 2.75) is 70.6 Å². The molecule has 0 aromatic heterocycles. The topological polar surface area (TPSA) is 86.3 Å². The second-order valence-electron chi connectivity index (χ2n) is 8.08. The molecule has 3 atom stereocenters. The molecule has 2 amide bonds. The molecule has 30 heavy (non-hydrogen) atoms. The van der Waals surface area contributed by atoms with Crippen molar-refractivity contribution < 1.29 is 14.3 Å². The average molecular weight is 414 g/mol. The second-order valence-corrected chi connectivity index (χ2v) is 8.08. The molecule has 0 spiro atoms. The van der Waals surface area contributed by atoms with Crippen LogP contribution in [0.3, 0.4) is 0 Å². The zero-order valence-electron chi connectivity index (χ0n) is 17.8. The Bertz CT molecular complexity index is 827. The van der Waals surface area contributed by atoms with Crippen LogP contribution in [0.25, 0.3) is 0 Å². The summed E-state index contributed by atoms with van der Waals surface area (Å²) in [4.78, 5) is 30.2. The van der Waals surface area contributed by atoms with E-state index in [1.54, 1.807) is 4.90 Å². The Morgan fingerprint density at radius 1 is 1.23 bits per heavy atom. The van der Waals surface area contributed by atoms with Crippen LogP contribution in [0, 0.1) is 0 Å². The molecule has 1 aromatic rings. The Kier molecular flexibility index (Phi) is 6.11. The molecule has 0 radical (unpaired) electrons. The van der Waals surface area contributed by atoms with Crippen LogP contribution in [0.15, 0.2) is 29.4 Å². The van der Waals surface area contributed by atoms with Gasteiger partial charge in [-0.1, -0.05) is 31.9 Å². The lowest BCUT2D eigenvalue weighted by Gasteiger charge is -2.51. The minimum absolute atomic E-state index is 0.0373. The number of hydrazone groups is 1. The molecule has 2 N–H and O–H groups in total. The van der Waals surface area contributed by atoms with Crippen molar-refractivity contribution in [1.29, 1.82) is 0 Å². The monoisotopic (exact) mass is 413 g/mol. The van der Waals surface area contributed by atoms with Gasteiger partial charge in [-0.3, -0.25) is 15.0 Å². The van der Waals surface area contributed by atoms with Gasteiger partial charge in [0, 0.05) is 6.42 Å². The molecule has 162 valence electrons. The summed E-state index contributed by atoms with van der Waals surface area (Å²) in [5.74, 6) is 1.33. The Balaban J connectivity index is 1.50. The Morgan fingerprint density at radius 3 is 2.77 bits per heavy atom. The quantitative estimate of drug-likeness (QED) is 0.717. The summed E-state index contributed by atoms with van der Waals surface area (Å²) < 4.78 is 5.60. The number of nitrogens with zero attached hydrogens (tertiary/aromatic N) is 3. The summed E-state index contributed by atoms with van der Waals surface area (Å²) >= 11 is 0. The summed E-state index contributed by atoms with van der Waals surface area (Å²) in [7, 11) is 0. The van der Waals surface area contributed by atoms with Gasteiger partial charge >= 0.3 is 0 Å². The van der Waals surface area contributed by atoms with Gasteiger partial charge < -0.3 is 19.9 Å². The molecule has 8 heteroatoms. The van der Waals surface area contributed by atoms with Crippen molar-refractivity contribution in [1.82, 2.24) is 15.2 Å². The molecular weight excluding hydrogens is 382 g/mol. The standard InChI is InChI=1S/C22H31N5O3/c1-3-9-19-24-25-21-22(29)26(16-11-6-7-12-17(16)27(19)21)14-20(28)23-15-10-5-8-13-18(15)30-4-2/h5,8,10,13,16-17,21,25H,3-4,6-7,9,11-12,14H2,1-2H3,(H,23,28). The van der Waals surface area contributed by atoms with Crippen LogP contribution in [0.5, 0.6) is 5.75 Å². The van der Waals surface area contributed by atoms with Gasteiger partial charge in [0.1, 0.15) is 18.1 Å². The zero-order chi connectivity index (χ0) is 21.1. The van der Waals surface area contributed by atoms with Crippen molar-refractivity contribution in [2.24, 2.45) is 5.10 Å². The zero-order valence-corrected chi connectivity index (χ0v) is 17.8. The molecule has 4 rings (SSSR count). The van der Waals surface area contributed by atoms with E-state index in [-0.39, 0.29) is 30.4 Å². The highest BCUT2D eigenvalue weighted by Gasteiger charge is 2.50. The number of carbonyl (C=O) groups is 2. The van der Waals surface area contributed by atoms with Crippen LogP contribution in [0.2, 0.25) is 0 Å². The third kappa shape index (κ3) is 3.82. The molecule has 2 fully saturated rings. The van der Waals surface area contributed by atoms with E-state index in [4.69, 9.17) is 4.74 Å². The van der Waals surface area contributed by atoms with E-state index in [0.29, 0.717) is 18.0 Å². The fourth-order valence-corrected chi connectivity index (χ4v) is 4.86. The summed E-state index contributed by atoms with van der Waals surface area (Å²) in [5.41, 5.74) is 3.65. The third-order valence-corrected chi connectivity index (χ3v) is 6.11. The lowest BCUT2D eigenvalue weighted by molar-refractivity contribution is -0.151. The lowest BCUT2D eigenvalue weighted by atomic mass is 9.85. The number of carbonyl (C=O) groups excluding carboxylic acids is 2. The first-order valence-electron chi connectivity index (χ1n) is 11.1. The Hall–Kier alpha value is -2.77. The summed E-state index contributed by atoms with van der Waals surface area (Å²) in [6.45, 7) is 4.58. The summed E-state index contributed by atoms with van der Waals surface area (Å²) in [6.07, 6.45) is 5.50. The molecule has 3 unspecified atom stereocenters. The first-order chi connectivity index (χ1) is 14.6. The van der Waals surface area contributed by atoms with Crippen molar-refractivity contribution >= 4 is 23.3 Å². The number of hydrogen-bond donors (Lipinski definition) is 2. The van der Waals surface area contributed by atoms with Crippen LogP contribution >= 0.6 is 0 Å². The second kappa shape index (κ2) is 8.93. The minimum atomic E-state index is -0.491. The third-order valence-electron chi connectivity index (χ3n) is 6.11. The summed E-state index contributed by atoms with van der Waals surface area (Å²) in [5, 5.41) is 7.38. The van der Waals surface area contributed by atoms with Crippen molar-refractivity contribution in [3.05, 3.63) is 24.3 Å². The van der Waals surface area contributed by atoms with Crippen LogP contribution < -0.4 is 15.5 Å². The minimum Gasteiger partial charge on any atom is -0.492 e. The van der Waals surface area contributed by atoms with Gasteiger partial charge in [0.15, 0.2) is 6.17 Å². The van der Waals surface area contributed by atoms with Crippen LogP contribution in [0.4, 0.5) is 5.69 Å². The maximum absolute atomic E-state index is 13.3. The fraction of sp³-hybridized carbons (Fsp3) is 0.591. The molecule has 2 heterocycles. The highest BCUT2D eigenvalue weighted by Crippen LogP contribution is 2.35. The number of amides is 2. The summed E-state index contributed by atoms with van der Waals surface area (Å²) in [6, 6.07) is 7.62. The van der Waals surface area contributed by atoms with Crippen molar-refractivity contribution in [3.63, 3.8) is 0 Å². The van der Waals surface area contributed by atoms with E-state index in [9.17, 15) is 9.59 Å². The Labute approximate surface area is 177 Å². The smallest absolute Gasteiger partial charge is 0.268 e. The van der Waals surface area contributed by atoms with E-state index in [1.807, 2.05) is 31.2 Å². The first kappa shape index (κ1) is 20.5. The van der Waals surface area contributed by atoms with Crippen molar-refractivity contribution in [3.8, 4) is 5.75 Å². The predicted octanol–water partition coefficient (Wildman–Crippen LogP) is 2.52. The van der Waals surface area contributed by atoms with E-state index in [0.717, 1.165) is 44.4 Å². The molecule has 1 saturated carbocycles. The molecule has 1 aliphatic carbocycles. The van der Waals surface area contributed by atoms with Crippen LogP contribution in [-0.4, -0.2) is 58.9 Å². The number of ether oxygens (including phenoxy) is 1. The largest absolute Gasteiger partial charge is 0.492 e. The van der Waals surface area contributed by atoms with Gasteiger partial charge in [-0.25, -0.2) is 0 Å². The van der Waals surface area contributed by atoms with Gasteiger partial charge in [-0.05, 0) is 38.3 Å². The predicted molar refractivity (Wildman–Crippen MR) is 115 cm³/mol. The molecule has 0 bridgehead atoms. The SMILES string of the molecule is CCCC1=NNC2C(=O)N(CC(=O)Nc3ccccc3OCC)C3CCCCC3N12. The number of anilines is 1. The average Bonchev–Trinajstić information content (AvgIpc) is 3.17. The molecule has 8 nitrogen and oxygen atoms in total. The molecule has 1 saturated heterocycles. The van der Waals surface area contributed by atoms with Gasteiger partial charge in [0.25, 0.3) is 5.91 Å². The van der Waals surface area contributed by atoms with E-state index < -0.39 is 6.17 Å². The number of rotatable bonds is 7. The number of para-hydroxylation sites is 2. The number of amidine groups is 1.